The first-order chi connectivity index (χ1) is 10.2. The van der Waals surface area contributed by atoms with Crippen LogP contribution in [0.15, 0.2) is 41.0 Å². The van der Waals surface area contributed by atoms with Crippen LogP contribution in [0, 0.1) is 5.92 Å². The van der Waals surface area contributed by atoms with Crippen molar-refractivity contribution < 1.29 is 9.21 Å². The molecule has 2 aromatic rings. The van der Waals surface area contributed by atoms with Gasteiger partial charge in [0, 0.05) is 24.4 Å². The summed E-state index contributed by atoms with van der Waals surface area (Å²) in [5.74, 6) is 0.867. The SMILES string of the molecule is CCC(CC)C(=O)NCCc1coc(-c2ccccc2)n1. The Morgan fingerprint density at radius 2 is 1.95 bits per heavy atom. The van der Waals surface area contributed by atoms with E-state index in [1.54, 1.807) is 6.26 Å². The average molecular weight is 286 g/mol. The maximum absolute atomic E-state index is 11.9. The number of aromatic nitrogens is 1. The van der Waals surface area contributed by atoms with Crippen molar-refractivity contribution in [2.75, 3.05) is 6.54 Å². The van der Waals surface area contributed by atoms with Gasteiger partial charge in [0.05, 0.1) is 5.69 Å². The molecule has 0 fully saturated rings. The molecule has 1 heterocycles. The van der Waals surface area contributed by atoms with Crippen LogP contribution in [0.5, 0.6) is 0 Å². The van der Waals surface area contributed by atoms with Gasteiger partial charge in [-0.15, -0.1) is 0 Å². The molecule has 21 heavy (non-hydrogen) atoms. The molecule has 4 nitrogen and oxygen atoms in total. The third-order valence-corrected chi connectivity index (χ3v) is 3.61. The van der Waals surface area contributed by atoms with Crippen LogP contribution >= 0.6 is 0 Å². The summed E-state index contributed by atoms with van der Waals surface area (Å²) in [7, 11) is 0. The molecule has 1 amide bonds. The van der Waals surface area contributed by atoms with E-state index in [-0.39, 0.29) is 11.8 Å². The first-order valence-corrected chi connectivity index (χ1v) is 7.52. The van der Waals surface area contributed by atoms with Crippen LogP contribution in [0.4, 0.5) is 0 Å². The molecule has 1 aromatic carbocycles. The number of nitrogens with zero attached hydrogens (tertiary/aromatic N) is 1. The van der Waals surface area contributed by atoms with E-state index in [0.29, 0.717) is 18.9 Å². The lowest BCUT2D eigenvalue weighted by Gasteiger charge is -2.11. The summed E-state index contributed by atoms with van der Waals surface area (Å²) in [6.45, 7) is 4.67. The number of amides is 1. The number of oxazole rings is 1. The fourth-order valence-electron chi connectivity index (χ4n) is 2.25. The number of rotatable bonds is 7. The third kappa shape index (κ3) is 4.18. The molecule has 0 aliphatic heterocycles. The zero-order valence-corrected chi connectivity index (χ0v) is 12.6. The van der Waals surface area contributed by atoms with Crippen molar-refractivity contribution in [1.29, 1.82) is 0 Å². The van der Waals surface area contributed by atoms with E-state index in [4.69, 9.17) is 4.42 Å². The molecule has 1 N–H and O–H groups in total. The normalized spacial score (nSPS) is 10.8. The summed E-state index contributed by atoms with van der Waals surface area (Å²) in [5, 5.41) is 2.96. The molecular weight excluding hydrogens is 264 g/mol. The number of nitrogens with one attached hydrogen (secondary N) is 1. The summed E-state index contributed by atoms with van der Waals surface area (Å²) in [4.78, 5) is 16.3. The molecule has 2 rings (SSSR count). The molecule has 0 bridgehead atoms. The highest BCUT2D eigenvalue weighted by Crippen LogP contribution is 2.17. The Labute approximate surface area is 125 Å². The number of carbonyl (C=O) groups is 1. The highest BCUT2D eigenvalue weighted by atomic mass is 16.3. The van der Waals surface area contributed by atoms with Gasteiger partial charge in [0.1, 0.15) is 6.26 Å². The number of hydrogen-bond donors (Lipinski definition) is 1. The standard InChI is InChI=1S/C17H22N2O2/c1-3-13(4-2)16(20)18-11-10-15-12-21-17(19-15)14-8-6-5-7-9-14/h5-9,12-13H,3-4,10-11H2,1-2H3,(H,18,20). The van der Waals surface area contributed by atoms with E-state index in [2.05, 4.69) is 10.3 Å². The first kappa shape index (κ1) is 15.3. The van der Waals surface area contributed by atoms with Crippen LogP contribution in [-0.2, 0) is 11.2 Å². The molecule has 0 saturated heterocycles. The van der Waals surface area contributed by atoms with E-state index >= 15 is 0 Å². The number of carbonyl (C=O) groups excluding carboxylic acids is 1. The molecule has 0 spiro atoms. The molecule has 0 radical (unpaired) electrons. The van der Waals surface area contributed by atoms with Gasteiger partial charge in [-0.25, -0.2) is 4.98 Å². The minimum absolute atomic E-state index is 0.113. The number of benzene rings is 1. The molecule has 0 saturated carbocycles. The molecule has 0 aliphatic rings. The second-order valence-electron chi connectivity index (χ2n) is 5.06. The van der Waals surface area contributed by atoms with E-state index < -0.39 is 0 Å². The highest BCUT2D eigenvalue weighted by molar-refractivity contribution is 5.78. The molecule has 4 heteroatoms. The predicted octanol–water partition coefficient (Wildman–Crippen LogP) is 3.44. The van der Waals surface area contributed by atoms with Gasteiger partial charge in [-0.3, -0.25) is 4.79 Å². The molecule has 0 atom stereocenters. The zero-order chi connectivity index (χ0) is 15.1. The fraction of sp³-hybridized carbons (Fsp3) is 0.412. The van der Waals surface area contributed by atoms with E-state index in [1.165, 1.54) is 0 Å². The van der Waals surface area contributed by atoms with Gasteiger partial charge in [-0.2, -0.15) is 0 Å². The minimum Gasteiger partial charge on any atom is -0.444 e. The Morgan fingerprint density at radius 1 is 1.24 bits per heavy atom. The van der Waals surface area contributed by atoms with Crippen LogP contribution in [0.3, 0.4) is 0 Å². The summed E-state index contributed by atoms with van der Waals surface area (Å²) >= 11 is 0. The second-order valence-corrected chi connectivity index (χ2v) is 5.06. The van der Waals surface area contributed by atoms with E-state index in [1.807, 2.05) is 44.2 Å². The Kier molecular flexibility index (Phi) is 5.55. The van der Waals surface area contributed by atoms with Gasteiger partial charge in [-0.1, -0.05) is 32.0 Å². The Hall–Kier alpha value is -2.10. The number of hydrogen-bond acceptors (Lipinski definition) is 3. The fourth-order valence-corrected chi connectivity index (χ4v) is 2.25. The lowest BCUT2D eigenvalue weighted by molar-refractivity contribution is -0.125. The lowest BCUT2D eigenvalue weighted by Crippen LogP contribution is -2.31. The summed E-state index contributed by atoms with van der Waals surface area (Å²) in [5.41, 5.74) is 1.82. The van der Waals surface area contributed by atoms with Crippen molar-refractivity contribution in [2.24, 2.45) is 5.92 Å². The van der Waals surface area contributed by atoms with Crippen molar-refractivity contribution >= 4 is 5.91 Å². The van der Waals surface area contributed by atoms with Crippen molar-refractivity contribution in [3.05, 3.63) is 42.3 Å². The first-order valence-electron chi connectivity index (χ1n) is 7.52. The molecule has 0 unspecified atom stereocenters. The Bertz CT molecular complexity index is 559. The lowest BCUT2D eigenvalue weighted by atomic mass is 10.0. The maximum atomic E-state index is 11.9. The van der Waals surface area contributed by atoms with Gasteiger partial charge in [0.25, 0.3) is 0 Å². The minimum atomic E-state index is 0.113. The van der Waals surface area contributed by atoms with Gasteiger partial charge < -0.3 is 9.73 Å². The summed E-state index contributed by atoms with van der Waals surface area (Å²) in [6, 6.07) is 9.79. The Balaban J connectivity index is 1.85. The van der Waals surface area contributed by atoms with Crippen LogP contribution in [0.2, 0.25) is 0 Å². The van der Waals surface area contributed by atoms with Crippen molar-refractivity contribution in [1.82, 2.24) is 10.3 Å². The summed E-state index contributed by atoms with van der Waals surface area (Å²) in [6.07, 6.45) is 4.10. The summed E-state index contributed by atoms with van der Waals surface area (Å²) < 4.78 is 5.47. The Morgan fingerprint density at radius 3 is 2.62 bits per heavy atom. The topological polar surface area (TPSA) is 55.1 Å². The van der Waals surface area contributed by atoms with Crippen molar-refractivity contribution in [3.8, 4) is 11.5 Å². The molecule has 112 valence electrons. The smallest absolute Gasteiger partial charge is 0.226 e. The predicted molar refractivity (Wildman–Crippen MR) is 82.7 cm³/mol. The average Bonchev–Trinajstić information content (AvgIpc) is 2.98. The quantitative estimate of drug-likeness (QED) is 0.848. The van der Waals surface area contributed by atoms with E-state index in [0.717, 1.165) is 24.1 Å². The largest absolute Gasteiger partial charge is 0.444 e. The van der Waals surface area contributed by atoms with Crippen LogP contribution in [0.25, 0.3) is 11.5 Å². The van der Waals surface area contributed by atoms with E-state index in [9.17, 15) is 4.79 Å². The second kappa shape index (κ2) is 7.62. The van der Waals surface area contributed by atoms with Crippen LogP contribution in [0.1, 0.15) is 32.4 Å². The van der Waals surface area contributed by atoms with Gasteiger partial charge in [0.2, 0.25) is 11.8 Å². The van der Waals surface area contributed by atoms with Crippen LogP contribution in [-0.4, -0.2) is 17.4 Å². The zero-order valence-electron chi connectivity index (χ0n) is 12.6. The van der Waals surface area contributed by atoms with Gasteiger partial charge in [-0.05, 0) is 25.0 Å². The van der Waals surface area contributed by atoms with Gasteiger partial charge in [0.15, 0.2) is 0 Å². The third-order valence-electron chi connectivity index (χ3n) is 3.61. The van der Waals surface area contributed by atoms with Crippen LogP contribution < -0.4 is 5.32 Å². The monoisotopic (exact) mass is 286 g/mol. The molecule has 1 aromatic heterocycles. The van der Waals surface area contributed by atoms with Crippen molar-refractivity contribution in [2.45, 2.75) is 33.1 Å². The van der Waals surface area contributed by atoms with Gasteiger partial charge >= 0.3 is 0 Å². The highest BCUT2D eigenvalue weighted by Gasteiger charge is 2.13. The molecule has 0 aliphatic carbocycles. The maximum Gasteiger partial charge on any atom is 0.226 e. The molecular formula is C17H22N2O2. The van der Waals surface area contributed by atoms with Crippen molar-refractivity contribution in [3.63, 3.8) is 0 Å².